The van der Waals surface area contributed by atoms with Crippen LogP contribution in [0.5, 0.6) is 0 Å². The zero-order chi connectivity index (χ0) is 13.9. The molecular formula is C10H20N6O2S. The van der Waals surface area contributed by atoms with Crippen LogP contribution >= 0.6 is 11.8 Å². The van der Waals surface area contributed by atoms with Crippen LogP contribution in [-0.2, 0) is 16.1 Å². The Morgan fingerprint density at radius 3 is 3.05 bits per heavy atom. The van der Waals surface area contributed by atoms with Gasteiger partial charge in [-0.1, -0.05) is 18.7 Å². The topological polar surface area (TPSA) is 94.0 Å². The van der Waals surface area contributed by atoms with E-state index in [9.17, 15) is 4.79 Å². The summed E-state index contributed by atoms with van der Waals surface area (Å²) in [5, 5.41) is 18.0. The number of nitrogens with zero attached hydrogens (tertiary/aromatic N) is 4. The number of aromatic nitrogens is 4. The van der Waals surface area contributed by atoms with Crippen LogP contribution in [0.1, 0.15) is 6.92 Å². The largest absolute Gasteiger partial charge is 0.383 e. The number of methoxy groups -OCH3 is 1. The fraction of sp³-hybridized carbons (Fsp3) is 0.800. The van der Waals surface area contributed by atoms with Gasteiger partial charge in [0.25, 0.3) is 0 Å². The van der Waals surface area contributed by atoms with Crippen LogP contribution in [0.25, 0.3) is 0 Å². The quantitative estimate of drug-likeness (QED) is 0.427. The number of likely N-dealkylation sites (N-methyl/N-ethyl adjacent to an activating group) is 1. The molecule has 0 aliphatic heterocycles. The molecule has 1 amide bonds. The van der Waals surface area contributed by atoms with E-state index < -0.39 is 0 Å². The fourth-order valence-corrected chi connectivity index (χ4v) is 2.01. The van der Waals surface area contributed by atoms with Crippen LogP contribution in [0, 0.1) is 0 Å². The third kappa shape index (κ3) is 6.50. The molecule has 0 radical (unpaired) electrons. The molecule has 1 aromatic rings. The Bertz CT molecular complexity index is 373. The molecule has 1 heterocycles. The van der Waals surface area contributed by atoms with E-state index in [1.165, 1.54) is 11.8 Å². The van der Waals surface area contributed by atoms with Crippen molar-refractivity contribution in [2.75, 3.05) is 39.1 Å². The highest BCUT2D eigenvalue weighted by molar-refractivity contribution is 7.99. The maximum atomic E-state index is 11.5. The van der Waals surface area contributed by atoms with E-state index in [0.29, 0.717) is 30.6 Å². The first-order chi connectivity index (χ1) is 9.27. The summed E-state index contributed by atoms with van der Waals surface area (Å²) in [5.41, 5.74) is 0. The molecule has 0 aromatic carbocycles. The summed E-state index contributed by atoms with van der Waals surface area (Å²) < 4.78 is 6.54. The number of carbonyl (C=O) groups is 1. The molecule has 0 atom stereocenters. The van der Waals surface area contributed by atoms with Gasteiger partial charge in [0.1, 0.15) is 0 Å². The zero-order valence-corrected chi connectivity index (χ0v) is 12.1. The van der Waals surface area contributed by atoms with Crippen molar-refractivity contribution >= 4 is 17.7 Å². The number of thioether (sulfide) groups is 1. The van der Waals surface area contributed by atoms with Gasteiger partial charge in [0.2, 0.25) is 11.1 Å². The van der Waals surface area contributed by atoms with E-state index in [-0.39, 0.29) is 5.91 Å². The molecule has 0 unspecified atom stereocenters. The van der Waals surface area contributed by atoms with Crippen molar-refractivity contribution in [1.29, 1.82) is 0 Å². The van der Waals surface area contributed by atoms with Crippen LogP contribution in [0.3, 0.4) is 0 Å². The summed E-state index contributed by atoms with van der Waals surface area (Å²) in [6.45, 7) is 5.47. The monoisotopic (exact) mass is 288 g/mol. The van der Waals surface area contributed by atoms with Gasteiger partial charge in [-0.15, -0.1) is 5.10 Å². The fourth-order valence-electron chi connectivity index (χ4n) is 1.28. The highest BCUT2D eigenvalue weighted by atomic mass is 32.2. The van der Waals surface area contributed by atoms with Gasteiger partial charge in [-0.2, -0.15) is 0 Å². The number of rotatable bonds is 10. The van der Waals surface area contributed by atoms with Crippen molar-refractivity contribution in [2.24, 2.45) is 0 Å². The molecule has 0 spiro atoms. The van der Waals surface area contributed by atoms with Crippen LogP contribution in [-0.4, -0.2) is 65.2 Å². The molecule has 0 fully saturated rings. The van der Waals surface area contributed by atoms with Gasteiger partial charge in [-0.05, 0) is 17.0 Å². The molecule has 8 nitrogen and oxygen atoms in total. The van der Waals surface area contributed by atoms with Gasteiger partial charge in [0.05, 0.1) is 18.9 Å². The highest BCUT2D eigenvalue weighted by Crippen LogP contribution is 2.12. The van der Waals surface area contributed by atoms with Gasteiger partial charge >= 0.3 is 0 Å². The second-order valence-corrected chi connectivity index (χ2v) is 4.61. The summed E-state index contributed by atoms with van der Waals surface area (Å²) in [4.78, 5) is 11.5. The summed E-state index contributed by atoms with van der Waals surface area (Å²) >= 11 is 1.32. The third-order valence-electron chi connectivity index (χ3n) is 2.21. The van der Waals surface area contributed by atoms with Crippen molar-refractivity contribution in [3.8, 4) is 0 Å². The van der Waals surface area contributed by atoms with Crippen molar-refractivity contribution in [3.05, 3.63) is 0 Å². The van der Waals surface area contributed by atoms with Crippen molar-refractivity contribution < 1.29 is 9.53 Å². The Hall–Kier alpha value is -1.19. The molecule has 9 heteroatoms. The molecule has 0 bridgehead atoms. The molecule has 2 N–H and O–H groups in total. The average Bonchev–Trinajstić information content (AvgIpc) is 2.85. The van der Waals surface area contributed by atoms with Gasteiger partial charge in [0, 0.05) is 20.2 Å². The second-order valence-electron chi connectivity index (χ2n) is 3.67. The molecular weight excluding hydrogens is 268 g/mol. The van der Waals surface area contributed by atoms with Gasteiger partial charge in [-0.25, -0.2) is 4.68 Å². The molecule has 1 rings (SSSR count). The Balaban J connectivity index is 2.28. The minimum Gasteiger partial charge on any atom is -0.383 e. The lowest BCUT2D eigenvalue weighted by molar-refractivity contribution is -0.118. The molecule has 1 aromatic heterocycles. The van der Waals surface area contributed by atoms with Crippen LogP contribution < -0.4 is 10.6 Å². The van der Waals surface area contributed by atoms with E-state index >= 15 is 0 Å². The minimum atomic E-state index is -0.0525. The smallest absolute Gasteiger partial charge is 0.230 e. The highest BCUT2D eigenvalue weighted by Gasteiger charge is 2.09. The van der Waals surface area contributed by atoms with Crippen molar-refractivity contribution in [3.63, 3.8) is 0 Å². The van der Waals surface area contributed by atoms with Crippen LogP contribution in [0.15, 0.2) is 5.16 Å². The Morgan fingerprint density at radius 2 is 2.32 bits per heavy atom. The van der Waals surface area contributed by atoms with Gasteiger partial charge < -0.3 is 15.4 Å². The lowest BCUT2D eigenvalue weighted by Crippen LogP contribution is -2.28. The molecule has 108 valence electrons. The van der Waals surface area contributed by atoms with E-state index in [0.717, 1.165) is 13.1 Å². The first-order valence-corrected chi connectivity index (χ1v) is 7.11. The van der Waals surface area contributed by atoms with E-state index in [2.05, 4.69) is 26.2 Å². The van der Waals surface area contributed by atoms with Crippen molar-refractivity contribution in [1.82, 2.24) is 30.8 Å². The third-order valence-corrected chi connectivity index (χ3v) is 3.17. The summed E-state index contributed by atoms with van der Waals surface area (Å²) in [7, 11) is 1.60. The second kappa shape index (κ2) is 9.70. The molecule has 0 saturated carbocycles. The Labute approximate surface area is 116 Å². The summed E-state index contributed by atoms with van der Waals surface area (Å²) in [6, 6.07) is 0. The lowest BCUT2D eigenvalue weighted by Gasteiger charge is -2.05. The molecule has 0 saturated heterocycles. The van der Waals surface area contributed by atoms with Gasteiger partial charge in [0.15, 0.2) is 0 Å². The van der Waals surface area contributed by atoms with Gasteiger partial charge in [-0.3, -0.25) is 4.79 Å². The number of ether oxygens (including phenoxy) is 1. The maximum Gasteiger partial charge on any atom is 0.230 e. The van der Waals surface area contributed by atoms with E-state index in [4.69, 9.17) is 4.74 Å². The predicted molar refractivity (Wildman–Crippen MR) is 72.0 cm³/mol. The number of amides is 1. The van der Waals surface area contributed by atoms with Crippen LogP contribution in [0.2, 0.25) is 0 Å². The Morgan fingerprint density at radius 1 is 1.47 bits per heavy atom. The first-order valence-electron chi connectivity index (χ1n) is 6.13. The maximum absolute atomic E-state index is 11.5. The zero-order valence-electron chi connectivity index (χ0n) is 11.3. The molecule has 0 aliphatic carbocycles. The van der Waals surface area contributed by atoms with E-state index in [1.807, 2.05) is 6.92 Å². The van der Waals surface area contributed by atoms with Crippen LogP contribution in [0.4, 0.5) is 0 Å². The number of nitrogens with one attached hydrogen (secondary N) is 2. The number of hydrogen-bond donors (Lipinski definition) is 2. The van der Waals surface area contributed by atoms with Crippen molar-refractivity contribution in [2.45, 2.75) is 18.6 Å². The number of hydrogen-bond acceptors (Lipinski definition) is 7. The SMILES string of the molecule is CCNCCn1nnnc1SCC(=O)NCCOC. The standard InChI is InChI=1S/C10H20N6O2S/c1-3-11-4-6-16-10(13-14-15-16)19-8-9(17)12-5-7-18-2/h11H,3-8H2,1-2H3,(H,12,17). The minimum absolute atomic E-state index is 0.0525. The number of carbonyl (C=O) groups excluding carboxylic acids is 1. The molecule has 19 heavy (non-hydrogen) atoms. The normalized spacial score (nSPS) is 10.6. The predicted octanol–water partition coefficient (Wildman–Crippen LogP) is -0.863. The average molecular weight is 288 g/mol. The lowest BCUT2D eigenvalue weighted by atomic mass is 10.6. The molecule has 0 aliphatic rings. The number of tetrazole rings is 1. The van der Waals surface area contributed by atoms with E-state index in [1.54, 1.807) is 11.8 Å². The summed E-state index contributed by atoms with van der Waals surface area (Å²) in [6.07, 6.45) is 0. The summed E-state index contributed by atoms with van der Waals surface area (Å²) in [5.74, 6) is 0.244. The Kier molecular flexibility index (Phi) is 8.10. The first kappa shape index (κ1) is 15.9.